The van der Waals surface area contributed by atoms with Crippen molar-refractivity contribution in [1.29, 1.82) is 0 Å². The fraction of sp³-hybridized carbons (Fsp3) is 0.525. The molecule has 57 heavy (non-hydrogen) atoms. The zero-order valence-corrected chi connectivity index (χ0v) is 32.9. The van der Waals surface area contributed by atoms with Gasteiger partial charge in [-0.15, -0.1) is 0 Å². The summed E-state index contributed by atoms with van der Waals surface area (Å²) in [4.78, 5) is 67.3. The summed E-state index contributed by atoms with van der Waals surface area (Å²) in [6.45, 7) is 5.54. The Morgan fingerprint density at radius 1 is 1.12 bits per heavy atom. The van der Waals surface area contributed by atoms with Gasteiger partial charge in [-0.2, -0.15) is 0 Å². The van der Waals surface area contributed by atoms with Gasteiger partial charge < -0.3 is 24.8 Å². The van der Waals surface area contributed by atoms with Crippen LogP contribution in [0.15, 0.2) is 40.9 Å². The summed E-state index contributed by atoms with van der Waals surface area (Å²) < 4.78 is 54.1. The van der Waals surface area contributed by atoms with E-state index in [0.717, 1.165) is 6.42 Å². The number of rotatable bonds is 9. The molecule has 0 spiro atoms. The minimum Gasteiger partial charge on any atom is -0.471 e. The number of ether oxygens (including phenoxy) is 1. The van der Waals surface area contributed by atoms with Gasteiger partial charge in [-0.3, -0.25) is 19.2 Å². The fourth-order valence-electron chi connectivity index (χ4n) is 7.42. The van der Waals surface area contributed by atoms with E-state index in [1.54, 1.807) is 6.08 Å². The Bertz CT molecular complexity index is 2280. The van der Waals surface area contributed by atoms with Crippen molar-refractivity contribution >= 4 is 44.7 Å². The number of aromatic nitrogens is 3. The zero-order valence-electron chi connectivity index (χ0n) is 32.0. The summed E-state index contributed by atoms with van der Waals surface area (Å²) in [5.41, 5.74) is -0.183. The predicted octanol–water partition coefficient (Wildman–Crippen LogP) is 3.60. The molecule has 2 aliphatic carbocycles. The largest absolute Gasteiger partial charge is 0.471 e. The number of halogens is 1. The number of amides is 4. The van der Waals surface area contributed by atoms with E-state index < -0.39 is 74.4 Å². The summed E-state index contributed by atoms with van der Waals surface area (Å²) in [6, 6.07) is 3.22. The molecular formula is C40H46FN7O8S. The number of nitrogens with one attached hydrogen (secondary N) is 3. The number of hydrogen-bond donors (Lipinski definition) is 3. The number of sulfonamides is 1. The fourth-order valence-corrected chi connectivity index (χ4v) is 8.76. The van der Waals surface area contributed by atoms with E-state index in [1.165, 1.54) is 29.2 Å². The molecule has 1 saturated carbocycles. The van der Waals surface area contributed by atoms with Gasteiger partial charge in [0.05, 0.1) is 28.5 Å². The molecule has 302 valence electrons. The highest BCUT2D eigenvalue weighted by Crippen LogP contribution is 2.33. The van der Waals surface area contributed by atoms with Gasteiger partial charge in [0, 0.05) is 30.9 Å². The standard InChI is InChI=1S/C40H46FN7O8S/c1-4-28-37(44-32-19-25(41)14-17-29(32)42-28)55-26-20-33-35(49)45-40(39(52)47-57(53,54)27-15-16-27)18-10-12-24(40)11-8-6-5-7-9-13-30(38(51)48(33)22-26)43-36(50)34-21-31(23(2)3)46-56-34/h8,11,14,17,19,21,23-24,26-27,30,33H,4-7,9,12-13,15-16,20,22H2,1-3H3,(H,43,50)(H,45,49)(H,47,52). The first-order valence-corrected chi connectivity index (χ1v) is 21.1. The van der Waals surface area contributed by atoms with Gasteiger partial charge in [0.15, 0.2) is 5.54 Å². The average molecular weight is 804 g/mol. The molecule has 7 rings (SSSR count). The van der Waals surface area contributed by atoms with Crippen molar-refractivity contribution in [3.63, 3.8) is 0 Å². The first-order chi connectivity index (χ1) is 27.3. The number of carbonyl (C=O) groups excluding carboxylic acids is 4. The summed E-state index contributed by atoms with van der Waals surface area (Å²) in [7, 11) is -4.02. The lowest BCUT2D eigenvalue weighted by molar-refractivity contribution is -0.141. The van der Waals surface area contributed by atoms with Crippen molar-refractivity contribution < 1.29 is 41.2 Å². The molecule has 17 heteroatoms. The molecule has 1 saturated heterocycles. The Kier molecular flexibility index (Phi) is 11.4. The summed E-state index contributed by atoms with van der Waals surface area (Å²) in [5.74, 6) is 1.62. The van der Waals surface area contributed by atoms with Crippen molar-refractivity contribution in [3.8, 4) is 17.7 Å². The molecule has 2 fully saturated rings. The predicted molar refractivity (Wildman–Crippen MR) is 204 cm³/mol. The van der Waals surface area contributed by atoms with Crippen LogP contribution in [0.5, 0.6) is 5.88 Å². The van der Waals surface area contributed by atoms with Crippen LogP contribution in [0, 0.1) is 23.6 Å². The van der Waals surface area contributed by atoms with E-state index in [1.807, 2.05) is 26.8 Å². The van der Waals surface area contributed by atoms with E-state index in [9.17, 15) is 32.0 Å². The number of carbonyl (C=O) groups is 4. The summed E-state index contributed by atoms with van der Waals surface area (Å²) in [6.07, 6.45) is 7.03. The van der Waals surface area contributed by atoms with Gasteiger partial charge in [-0.05, 0) is 56.6 Å². The van der Waals surface area contributed by atoms with Gasteiger partial charge in [0.25, 0.3) is 11.8 Å². The topological polar surface area (TPSA) is 203 Å². The van der Waals surface area contributed by atoms with Crippen LogP contribution < -0.4 is 20.1 Å². The maximum Gasteiger partial charge on any atom is 0.290 e. The van der Waals surface area contributed by atoms with Crippen LogP contribution in [0.4, 0.5) is 4.39 Å². The molecule has 15 nitrogen and oxygen atoms in total. The molecule has 4 heterocycles. The second-order valence-corrected chi connectivity index (χ2v) is 17.4. The van der Waals surface area contributed by atoms with Crippen LogP contribution >= 0.6 is 0 Å². The number of benzene rings is 1. The Hall–Kier alpha value is -5.37. The summed E-state index contributed by atoms with van der Waals surface area (Å²) >= 11 is 0. The number of aryl methyl sites for hydroxylation is 1. The SMILES string of the molecule is CCc1nc2ccc(F)cc2nc1OC1CC2C(=O)NC3(C(=O)NS(=O)(=O)C4CC4)C#CCC3C=CCCCCCC(NC(=O)c3cc(C(C)C)no3)C(=O)N2C1. The van der Waals surface area contributed by atoms with E-state index in [2.05, 4.69) is 42.3 Å². The lowest BCUT2D eigenvalue weighted by Crippen LogP contribution is -2.64. The third-order valence-corrected chi connectivity index (χ3v) is 12.7. The molecular weight excluding hydrogens is 758 g/mol. The Labute approximate surface area is 330 Å². The summed E-state index contributed by atoms with van der Waals surface area (Å²) in [5, 5.41) is 8.88. The van der Waals surface area contributed by atoms with Crippen molar-refractivity contribution in [2.45, 2.75) is 120 Å². The van der Waals surface area contributed by atoms with Crippen molar-refractivity contribution in [3.05, 3.63) is 59.4 Å². The Morgan fingerprint density at radius 3 is 2.67 bits per heavy atom. The molecule has 1 aromatic carbocycles. The first-order valence-electron chi connectivity index (χ1n) is 19.5. The van der Waals surface area contributed by atoms with E-state index in [0.29, 0.717) is 55.4 Å². The molecule has 4 aliphatic rings. The van der Waals surface area contributed by atoms with Crippen LogP contribution in [0.25, 0.3) is 11.0 Å². The molecule has 5 unspecified atom stereocenters. The minimum absolute atomic E-state index is 0.00638. The van der Waals surface area contributed by atoms with Gasteiger partial charge in [-0.25, -0.2) is 27.5 Å². The minimum atomic E-state index is -4.02. The monoisotopic (exact) mass is 803 g/mol. The molecule has 2 aromatic heterocycles. The van der Waals surface area contributed by atoms with Crippen LogP contribution in [0.1, 0.15) is 106 Å². The van der Waals surface area contributed by atoms with Gasteiger partial charge >= 0.3 is 0 Å². The van der Waals surface area contributed by atoms with Crippen molar-refractivity contribution in [2.24, 2.45) is 5.92 Å². The Morgan fingerprint density at radius 2 is 1.93 bits per heavy atom. The highest BCUT2D eigenvalue weighted by Gasteiger charge is 2.52. The van der Waals surface area contributed by atoms with Crippen LogP contribution in [-0.2, 0) is 30.8 Å². The van der Waals surface area contributed by atoms with Gasteiger partial charge in [0.1, 0.15) is 29.7 Å². The van der Waals surface area contributed by atoms with E-state index in [4.69, 9.17) is 9.26 Å². The first kappa shape index (κ1) is 39.8. The Balaban J connectivity index is 1.23. The smallest absolute Gasteiger partial charge is 0.290 e. The molecule has 3 N–H and O–H groups in total. The van der Waals surface area contributed by atoms with Gasteiger partial charge in [0.2, 0.25) is 33.5 Å². The third kappa shape index (κ3) is 8.51. The third-order valence-electron chi connectivity index (χ3n) is 10.8. The molecule has 4 amide bonds. The maximum atomic E-state index is 14.7. The molecule has 0 radical (unpaired) electrons. The van der Waals surface area contributed by atoms with E-state index >= 15 is 0 Å². The lowest BCUT2D eigenvalue weighted by atomic mass is 9.84. The zero-order chi connectivity index (χ0) is 40.5. The second kappa shape index (κ2) is 16.2. The molecule has 5 atom stereocenters. The highest BCUT2D eigenvalue weighted by molar-refractivity contribution is 7.91. The second-order valence-electron chi connectivity index (χ2n) is 15.4. The quantitative estimate of drug-likeness (QED) is 0.211. The highest BCUT2D eigenvalue weighted by atomic mass is 32.2. The maximum absolute atomic E-state index is 14.7. The van der Waals surface area contributed by atoms with E-state index in [-0.39, 0.29) is 48.9 Å². The van der Waals surface area contributed by atoms with Gasteiger partial charge in [-0.1, -0.05) is 62.8 Å². The lowest BCUT2D eigenvalue weighted by Gasteiger charge is -2.34. The number of hydrogen-bond acceptors (Lipinski definition) is 11. The molecule has 2 aliphatic heterocycles. The number of nitrogens with zero attached hydrogens (tertiary/aromatic N) is 4. The number of allylic oxidation sites excluding steroid dienone is 1. The van der Waals surface area contributed by atoms with Crippen LogP contribution in [0.3, 0.4) is 0 Å². The number of fused-ring (bicyclic) bond motifs is 3. The van der Waals surface area contributed by atoms with Crippen molar-refractivity contribution in [1.82, 2.24) is 35.4 Å². The normalized spacial score (nSPS) is 25.5. The molecule has 0 bridgehead atoms. The van der Waals surface area contributed by atoms with Crippen LogP contribution in [-0.4, -0.2) is 87.6 Å². The van der Waals surface area contributed by atoms with Crippen LogP contribution in [0.2, 0.25) is 0 Å². The average Bonchev–Trinajstić information content (AvgIpc) is 3.57. The van der Waals surface area contributed by atoms with Crippen molar-refractivity contribution in [2.75, 3.05) is 6.54 Å². The molecule has 3 aromatic rings.